The normalized spacial score (nSPS) is 13.8. The zero-order valence-corrected chi connectivity index (χ0v) is 11.2. The van der Waals surface area contributed by atoms with Gasteiger partial charge >= 0.3 is 0 Å². The van der Waals surface area contributed by atoms with Gasteiger partial charge in [0, 0.05) is 17.7 Å². The third kappa shape index (κ3) is 2.41. The van der Waals surface area contributed by atoms with E-state index >= 15 is 0 Å². The molecule has 1 saturated carbocycles. The summed E-state index contributed by atoms with van der Waals surface area (Å²) in [5.41, 5.74) is 9.00. The van der Waals surface area contributed by atoms with E-state index in [1.165, 1.54) is 12.8 Å². The van der Waals surface area contributed by atoms with E-state index < -0.39 is 0 Å². The maximum Gasteiger partial charge on any atom is 0.222 e. The highest BCUT2D eigenvalue weighted by Crippen LogP contribution is 2.28. The van der Waals surface area contributed by atoms with Gasteiger partial charge in [0.1, 0.15) is 5.82 Å². The Labute approximate surface area is 117 Å². The lowest BCUT2D eigenvalue weighted by molar-refractivity contribution is 1.09. The minimum atomic E-state index is 0.243. The van der Waals surface area contributed by atoms with Crippen molar-refractivity contribution in [3.05, 3.63) is 35.4 Å². The molecule has 0 aliphatic heterocycles. The highest BCUT2D eigenvalue weighted by atomic mass is 15.1. The Bertz CT molecular complexity index is 698. The summed E-state index contributed by atoms with van der Waals surface area (Å²) in [6.07, 6.45) is 2.34. The Hall–Kier alpha value is -2.61. The largest absolute Gasteiger partial charge is 0.368 e. The molecule has 100 valence electrons. The molecular formula is C15H15N5. The third-order valence-corrected chi connectivity index (χ3v) is 3.40. The zero-order chi connectivity index (χ0) is 14.1. The van der Waals surface area contributed by atoms with E-state index in [1.54, 1.807) is 6.07 Å². The molecule has 1 aromatic carbocycles. The predicted molar refractivity (Wildman–Crippen MR) is 78.0 cm³/mol. The molecule has 0 atom stereocenters. The number of hydrogen-bond acceptors (Lipinski definition) is 5. The van der Waals surface area contributed by atoms with Crippen molar-refractivity contribution in [1.29, 1.82) is 5.26 Å². The van der Waals surface area contributed by atoms with Gasteiger partial charge in [0.15, 0.2) is 0 Å². The van der Waals surface area contributed by atoms with Gasteiger partial charge in [-0.05, 0) is 31.4 Å². The van der Waals surface area contributed by atoms with Gasteiger partial charge < -0.3 is 11.1 Å². The number of rotatable bonds is 3. The molecule has 1 aliphatic rings. The number of hydrogen-bond donors (Lipinski definition) is 2. The SMILES string of the molecule is Cc1c(C#N)cccc1-c1cc(NC2CC2)nc(N)n1. The standard InChI is InChI=1S/C15H15N5/c1-9-10(8-16)3-2-4-12(9)13-7-14(18-11-5-6-11)20-15(17)19-13/h2-4,7,11H,5-6H2,1H3,(H3,17,18,19,20). The number of anilines is 2. The minimum Gasteiger partial charge on any atom is -0.368 e. The number of nitriles is 1. The lowest BCUT2D eigenvalue weighted by Crippen LogP contribution is -2.06. The van der Waals surface area contributed by atoms with Crippen LogP contribution in [-0.4, -0.2) is 16.0 Å². The lowest BCUT2D eigenvalue weighted by Gasteiger charge is -2.10. The van der Waals surface area contributed by atoms with Crippen molar-refractivity contribution in [2.75, 3.05) is 11.1 Å². The highest BCUT2D eigenvalue weighted by molar-refractivity contribution is 5.69. The van der Waals surface area contributed by atoms with Crippen molar-refractivity contribution in [2.45, 2.75) is 25.8 Å². The van der Waals surface area contributed by atoms with Gasteiger partial charge in [0.05, 0.1) is 17.3 Å². The fourth-order valence-corrected chi connectivity index (χ4v) is 2.15. The van der Waals surface area contributed by atoms with E-state index in [9.17, 15) is 0 Å². The summed E-state index contributed by atoms with van der Waals surface area (Å²) < 4.78 is 0. The molecule has 20 heavy (non-hydrogen) atoms. The molecular weight excluding hydrogens is 250 g/mol. The second-order valence-electron chi connectivity index (χ2n) is 5.01. The molecule has 3 rings (SSSR count). The lowest BCUT2D eigenvalue weighted by atomic mass is 10.0. The van der Waals surface area contributed by atoms with Crippen LogP contribution in [-0.2, 0) is 0 Å². The Morgan fingerprint density at radius 3 is 2.85 bits per heavy atom. The second kappa shape index (κ2) is 4.82. The Morgan fingerprint density at radius 2 is 2.15 bits per heavy atom. The van der Waals surface area contributed by atoms with Gasteiger partial charge in [0.2, 0.25) is 5.95 Å². The van der Waals surface area contributed by atoms with Crippen LogP contribution in [0.3, 0.4) is 0 Å². The Balaban J connectivity index is 2.05. The fraction of sp³-hybridized carbons (Fsp3) is 0.267. The van der Waals surface area contributed by atoms with Crippen molar-refractivity contribution in [2.24, 2.45) is 0 Å². The van der Waals surface area contributed by atoms with E-state index in [0.717, 1.165) is 22.6 Å². The fourth-order valence-electron chi connectivity index (χ4n) is 2.15. The highest BCUT2D eigenvalue weighted by Gasteiger charge is 2.22. The average molecular weight is 265 g/mol. The maximum atomic E-state index is 9.11. The summed E-state index contributed by atoms with van der Waals surface area (Å²) in [5.74, 6) is 0.990. The summed E-state index contributed by atoms with van der Waals surface area (Å²) in [5, 5.41) is 12.4. The quantitative estimate of drug-likeness (QED) is 0.890. The zero-order valence-electron chi connectivity index (χ0n) is 11.2. The average Bonchev–Trinajstić information content (AvgIpc) is 3.22. The molecule has 0 saturated heterocycles. The number of nitrogens with two attached hydrogens (primary N) is 1. The van der Waals surface area contributed by atoms with Crippen molar-refractivity contribution in [3.63, 3.8) is 0 Å². The van der Waals surface area contributed by atoms with Crippen molar-refractivity contribution >= 4 is 11.8 Å². The molecule has 0 radical (unpaired) electrons. The number of aromatic nitrogens is 2. The molecule has 5 heteroatoms. The topological polar surface area (TPSA) is 87.6 Å². The van der Waals surface area contributed by atoms with Crippen molar-refractivity contribution < 1.29 is 0 Å². The maximum absolute atomic E-state index is 9.11. The van der Waals surface area contributed by atoms with Crippen LogP contribution in [0.25, 0.3) is 11.3 Å². The first kappa shape index (κ1) is 12.4. The van der Waals surface area contributed by atoms with Crippen LogP contribution in [0.5, 0.6) is 0 Å². The first-order chi connectivity index (χ1) is 9.67. The van der Waals surface area contributed by atoms with Gasteiger partial charge in [-0.15, -0.1) is 0 Å². The van der Waals surface area contributed by atoms with Crippen molar-refractivity contribution in [3.8, 4) is 17.3 Å². The monoisotopic (exact) mass is 265 g/mol. The molecule has 2 aromatic rings. The van der Waals surface area contributed by atoms with Crippen molar-refractivity contribution in [1.82, 2.24) is 9.97 Å². The minimum absolute atomic E-state index is 0.243. The third-order valence-electron chi connectivity index (χ3n) is 3.40. The van der Waals surface area contributed by atoms with Crippen LogP contribution >= 0.6 is 0 Å². The smallest absolute Gasteiger partial charge is 0.222 e. The summed E-state index contributed by atoms with van der Waals surface area (Å²) in [4.78, 5) is 8.49. The predicted octanol–water partition coefficient (Wildman–Crippen LogP) is 2.48. The van der Waals surface area contributed by atoms with Crippen LogP contribution in [0, 0.1) is 18.3 Å². The molecule has 3 N–H and O–H groups in total. The number of nitrogens with zero attached hydrogens (tertiary/aromatic N) is 3. The molecule has 5 nitrogen and oxygen atoms in total. The van der Waals surface area contributed by atoms with E-state index in [1.807, 2.05) is 25.1 Å². The molecule has 0 unspecified atom stereocenters. The van der Waals surface area contributed by atoms with E-state index in [0.29, 0.717) is 11.6 Å². The van der Waals surface area contributed by atoms with Gasteiger partial charge in [-0.2, -0.15) is 10.2 Å². The summed E-state index contributed by atoms with van der Waals surface area (Å²) in [6.45, 7) is 1.92. The Morgan fingerprint density at radius 1 is 1.35 bits per heavy atom. The number of benzene rings is 1. The molecule has 1 heterocycles. The van der Waals surface area contributed by atoms with E-state index in [-0.39, 0.29) is 5.95 Å². The molecule has 0 spiro atoms. The number of nitrogen functional groups attached to an aromatic ring is 1. The first-order valence-electron chi connectivity index (χ1n) is 6.58. The van der Waals surface area contributed by atoms with Crippen LogP contribution in [0.15, 0.2) is 24.3 Å². The molecule has 0 amide bonds. The van der Waals surface area contributed by atoms with Crippen LogP contribution in [0.1, 0.15) is 24.0 Å². The summed E-state index contributed by atoms with van der Waals surface area (Å²) >= 11 is 0. The summed E-state index contributed by atoms with van der Waals surface area (Å²) in [7, 11) is 0. The van der Waals surface area contributed by atoms with E-state index in [2.05, 4.69) is 21.4 Å². The molecule has 0 bridgehead atoms. The van der Waals surface area contributed by atoms with Gasteiger partial charge in [-0.1, -0.05) is 12.1 Å². The Kier molecular flexibility index (Phi) is 2.99. The second-order valence-corrected chi connectivity index (χ2v) is 5.01. The van der Waals surface area contributed by atoms with Gasteiger partial charge in [0.25, 0.3) is 0 Å². The van der Waals surface area contributed by atoms with Gasteiger partial charge in [-0.3, -0.25) is 0 Å². The van der Waals surface area contributed by atoms with Crippen LogP contribution < -0.4 is 11.1 Å². The summed E-state index contributed by atoms with van der Waals surface area (Å²) in [6, 6.07) is 10.2. The van der Waals surface area contributed by atoms with Crippen LogP contribution in [0.2, 0.25) is 0 Å². The van der Waals surface area contributed by atoms with Crippen LogP contribution in [0.4, 0.5) is 11.8 Å². The number of nitrogens with one attached hydrogen (secondary N) is 1. The first-order valence-corrected chi connectivity index (χ1v) is 6.58. The molecule has 1 aromatic heterocycles. The van der Waals surface area contributed by atoms with Gasteiger partial charge in [-0.25, -0.2) is 4.98 Å². The van der Waals surface area contributed by atoms with E-state index in [4.69, 9.17) is 11.0 Å². The molecule has 1 fully saturated rings. The molecule has 1 aliphatic carbocycles.